The van der Waals surface area contributed by atoms with E-state index in [1.54, 1.807) is 14.2 Å². The summed E-state index contributed by atoms with van der Waals surface area (Å²) in [4.78, 5) is 14.1. The Morgan fingerprint density at radius 1 is 1.15 bits per heavy atom. The molecule has 2 aromatic heterocycles. The van der Waals surface area contributed by atoms with E-state index in [-0.39, 0.29) is 6.10 Å². The third-order valence-electron chi connectivity index (χ3n) is 7.79. The van der Waals surface area contributed by atoms with E-state index in [0.29, 0.717) is 23.1 Å². The van der Waals surface area contributed by atoms with E-state index in [2.05, 4.69) is 65.1 Å². The second-order valence-corrected chi connectivity index (χ2v) is 10.7. The minimum atomic E-state index is -0.113. The van der Waals surface area contributed by atoms with Gasteiger partial charge in [-0.1, -0.05) is 25.1 Å². The van der Waals surface area contributed by atoms with Crippen LogP contribution in [-0.4, -0.2) is 67.9 Å². The summed E-state index contributed by atoms with van der Waals surface area (Å²) in [5.74, 6) is 1.15. The van der Waals surface area contributed by atoms with Crippen molar-refractivity contribution < 1.29 is 9.47 Å². The highest BCUT2D eigenvalue weighted by molar-refractivity contribution is 5.98. The number of benzene rings is 2. The molecule has 4 aromatic rings. The number of methoxy groups -OCH3 is 2. The third kappa shape index (κ3) is 5.31. The van der Waals surface area contributed by atoms with Crippen LogP contribution in [0.5, 0.6) is 5.75 Å². The molecule has 2 aromatic carbocycles. The maximum Gasteiger partial charge on any atom is 0.227 e. The highest BCUT2D eigenvalue weighted by Crippen LogP contribution is 2.40. The average Bonchev–Trinajstić information content (AvgIpc) is 3.33. The van der Waals surface area contributed by atoms with Crippen LogP contribution in [0.3, 0.4) is 0 Å². The topological polar surface area (TPSA) is 93.7 Å². The van der Waals surface area contributed by atoms with Gasteiger partial charge in [-0.2, -0.15) is 0 Å². The van der Waals surface area contributed by atoms with E-state index in [1.165, 1.54) is 16.5 Å². The van der Waals surface area contributed by atoms with Crippen molar-refractivity contribution in [3.8, 4) is 17.0 Å². The van der Waals surface area contributed by atoms with Gasteiger partial charge in [0.1, 0.15) is 5.75 Å². The molecule has 1 aliphatic heterocycles. The fourth-order valence-electron chi connectivity index (χ4n) is 5.63. The number of nitrogen functional groups attached to an aromatic ring is 1. The molecule has 5 rings (SSSR count). The van der Waals surface area contributed by atoms with Crippen LogP contribution in [0.2, 0.25) is 0 Å². The van der Waals surface area contributed by atoms with E-state index < -0.39 is 0 Å². The Kier molecular flexibility index (Phi) is 8.14. The summed E-state index contributed by atoms with van der Waals surface area (Å²) in [5, 5.41) is 4.59. The Bertz CT molecular complexity index is 1490. The first kappa shape index (κ1) is 27.7. The maximum absolute atomic E-state index is 6.52. The highest BCUT2D eigenvalue weighted by Gasteiger charge is 2.23. The monoisotopic (exact) mass is 543 g/mol. The lowest BCUT2D eigenvalue weighted by atomic mass is 9.98. The summed E-state index contributed by atoms with van der Waals surface area (Å²) in [6.45, 7) is 4.88. The molecule has 0 bridgehead atoms. The number of nitrogens with one attached hydrogen (secondary N) is 1. The van der Waals surface area contributed by atoms with Crippen LogP contribution >= 0.6 is 0 Å². The number of anilines is 4. The quantitative estimate of drug-likeness (QED) is 0.241. The fraction of sp³-hybridized carbons (Fsp3) is 0.419. The molecule has 0 aliphatic carbocycles. The molecule has 0 saturated carbocycles. The molecule has 0 radical (unpaired) electrons. The van der Waals surface area contributed by atoms with Gasteiger partial charge in [0.15, 0.2) is 0 Å². The van der Waals surface area contributed by atoms with Gasteiger partial charge in [0, 0.05) is 68.8 Å². The van der Waals surface area contributed by atoms with Gasteiger partial charge < -0.3 is 34.9 Å². The lowest BCUT2D eigenvalue weighted by molar-refractivity contribution is 0.1000. The van der Waals surface area contributed by atoms with Crippen molar-refractivity contribution in [3.63, 3.8) is 0 Å². The van der Waals surface area contributed by atoms with Crippen LogP contribution in [0, 0.1) is 0 Å². The summed E-state index contributed by atoms with van der Waals surface area (Å²) >= 11 is 0. The number of likely N-dealkylation sites (N-methyl/N-ethyl adjacent to an activating group) is 2. The van der Waals surface area contributed by atoms with Crippen molar-refractivity contribution in [2.45, 2.75) is 38.8 Å². The molecule has 40 heavy (non-hydrogen) atoms. The van der Waals surface area contributed by atoms with Gasteiger partial charge in [0.05, 0.1) is 41.5 Å². The lowest BCUT2D eigenvalue weighted by Gasteiger charge is -2.24. The van der Waals surface area contributed by atoms with Gasteiger partial charge in [0.25, 0.3) is 0 Å². The summed E-state index contributed by atoms with van der Waals surface area (Å²) in [6, 6.07) is 10.4. The predicted molar refractivity (Wildman–Crippen MR) is 164 cm³/mol. The molecule has 1 aliphatic rings. The van der Waals surface area contributed by atoms with E-state index in [9.17, 15) is 0 Å². The molecule has 9 nitrogen and oxygen atoms in total. The van der Waals surface area contributed by atoms with E-state index in [0.717, 1.165) is 61.4 Å². The van der Waals surface area contributed by atoms with E-state index >= 15 is 0 Å². The molecular formula is C31H41N7O2. The molecule has 3 heterocycles. The van der Waals surface area contributed by atoms with Gasteiger partial charge in [-0.05, 0) is 45.0 Å². The van der Waals surface area contributed by atoms with Gasteiger partial charge >= 0.3 is 0 Å². The molecular weight excluding hydrogens is 502 g/mol. The fourth-order valence-corrected chi connectivity index (χ4v) is 5.63. The van der Waals surface area contributed by atoms with Crippen LogP contribution in [-0.2, 0) is 17.7 Å². The molecule has 1 unspecified atom stereocenters. The zero-order chi connectivity index (χ0) is 28.4. The smallest absolute Gasteiger partial charge is 0.227 e. The molecule has 0 amide bonds. The maximum atomic E-state index is 6.52. The molecule has 3 N–H and O–H groups in total. The van der Waals surface area contributed by atoms with Crippen LogP contribution < -0.4 is 20.7 Å². The predicted octanol–water partition coefficient (Wildman–Crippen LogP) is 5.47. The number of aryl methyl sites for hydroxylation is 2. The molecule has 0 spiro atoms. The van der Waals surface area contributed by atoms with Crippen molar-refractivity contribution in [3.05, 3.63) is 53.9 Å². The van der Waals surface area contributed by atoms with Gasteiger partial charge in [-0.15, -0.1) is 0 Å². The van der Waals surface area contributed by atoms with Crippen molar-refractivity contribution in [1.82, 2.24) is 19.4 Å². The molecule has 212 valence electrons. The second-order valence-electron chi connectivity index (χ2n) is 10.7. The van der Waals surface area contributed by atoms with Gasteiger partial charge in [0.2, 0.25) is 5.95 Å². The van der Waals surface area contributed by atoms with Crippen LogP contribution in [0.4, 0.5) is 23.0 Å². The van der Waals surface area contributed by atoms with E-state index in [4.69, 9.17) is 25.2 Å². The van der Waals surface area contributed by atoms with E-state index in [1.807, 2.05) is 25.4 Å². The van der Waals surface area contributed by atoms with Crippen molar-refractivity contribution in [2.24, 2.45) is 0 Å². The number of para-hydroxylation sites is 1. The number of hydrogen-bond acceptors (Lipinski definition) is 8. The summed E-state index contributed by atoms with van der Waals surface area (Å²) in [6.07, 6.45) is 7.06. The van der Waals surface area contributed by atoms with Crippen molar-refractivity contribution in [1.29, 1.82) is 0 Å². The zero-order valence-electron chi connectivity index (χ0n) is 24.5. The minimum Gasteiger partial charge on any atom is -0.494 e. The Labute approximate surface area is 236 Å². The lowest BCUT2D eigenvalue weighted by Crippen LogP contribution is -2.29. The average molecular weight is 544 g/mol. The van der Waals surface area contributed by atoms with Crippen molar-refractivity contribution >= 4 is 33.9 Å². The number of rotatable bonds is 11. The second kappa shape index (κ2) is 11.7. The van der Waals surface area contributed by atoms with Gasteiger partial charge in [-0.3, -0.25) is 0 Å². The Morgan fingerprint density at radius 3 is 2.70 bits per heavy atom. The van der Waals surface area contributed by atoms with Crippen molar-refractivity contribution in [2.75, 3.05) is 64.4 Å². The number of nitrogens with two attached hydrogens (primary N) is 1. The summed E-state index contributed by atoms with van der Waals surface area (Å²) in [5.41, 5.74) is 14.4. The molecule has 1 atom stereocenters. The number of nitrogens with zero attached hydrogens (tertiary/aromatic N) is 5. The first-order valence-corrected chi connectivity index (χ1v) is 14.0. The Balaban J connectivity index is 1.56. The summed E-state index contributed by atoms with van der Waals surface area (Å²) < 4.78 is 14.0. The van der Waals surface area contributed by atoms with Crippen LogP contribution in [0.15, 0.2) is 42.7 Å². The first-order valence-electron chi connectivity index (χ1n) is 14.0. The Morgan fingerprint density at radius 2 is 1.98 bits per heavy atom. The molecule has 9 heteroatoms. The number of aromatic nitrogens is 3. The van der Waals surface area contributed by atoms with Crippen LogP contribution in [0.25, 0.3) is 22.2 Å². The number of hydrogen-bond donors (Lipinski definition) is 2. The van der Waals surface area contributed by atoms with Crippen LogP contribution in [0.1, 0.15) is 37.0 Å². The molecule has 0 saturated heterocycles. The standard InChI is InChI=1S/C31H41N7O2/c1-7-27(39-5)22-18-33-31(34-25-16-24(32)26(17-28(25)40-6)37(4)15-14-36(2)3)35-29(22)23-19-38-13-9-11-20-10-8-12-21(23)30(20)38/h8,10,12,16-19,27H,7,9,11,13-15,32H2,1-6H3,(H,33,34,35). The SMILES string of the molecule is CCC(OC)c1cnc(Nc2cc(N)c(N(C)CCN(C)C)cc2OC)nc1-c1cn2c3c(cccc13)CCC2. The third-order valence-corrected chi connectivity index (χ3v) is 7.79. The highest BCUT2D eigenvalue weighted by atomic mass is 16.5. The number of ether oxygens (including phenoxy) is 2. The van der Waals surface area contributed by atoms with Gasteiger partial charge in [-0.25, -0.2) is 9.97 Å². The Hall–Kier alpha value is -3.82. The summed E-state index contributed by atoms with van der Waals surface area (Å²) in [7, 11) is 9.56. The normalized spacial score (nSPS) is 13.6. The minimum absolute atomic E-state index is 0.113. The largest absolute Gasteiger partial charge is 0.494 e. The molecule has 0 fully saturated rings. The first-order chi connectivity index (χ1) is 19.3. The zero-order valence-corrected chi connectivity index (χ0v) is 24.5.